The fourth-order valence-corrected chi connectivity index (χ4v) is 5.22. The molecular formula is C13H13BrN2O3S2. The van der Waals surface area contributed by atoms with Gasteiger partial charge in [-0.05, 0) is 53.4 Å². The lowest BCUT2D eigenvalue weighted by Crippen LogP contribution is -2.13. The first kappa shape index (κ1) is 14.8. The summed E-state index contributed by atoms with van der Waals surface area (Å²) in [6, 6.07) is 4.64. The number of sulfonamides is 1. The van der Waals surface area contributed by atoms with Crippen LogP contribution in [0, 0.1) is 0 Å². The van der Waals surface area contributed by atoms with E-state index in [1.54, 1.807) is 6.07 Å². The number of rotatable bonds is 4. The van der Waals surface area contributed by atoms with Gasteiger partial charge >= 0.3 is 0 Å². The molecular weight excluding hydrogens is 376 g/mol. The summed E-state index contributed by atoms with van der Waals surface area (Å²) in [4.78, 5) is 5.71. The Bertz CT molecular complexity index is 765. The fraction of sp³-hybridized carbons (Fsp3) is 0.308. The molecule has 2 aromatic rings. The van der Waals surface area contributed by atoms with Crippen molar-refractivity contribution in [3.63, 3.8) is 0 Å². The number of anilines is 1. The normalized spacial score (nSPS) is 14.0. The van der Waals surface area contributed by atoms with E-state index in [1.165, 1.54) is 35.5 Å². The van der Waals surface area contributed by atoms with Crippen LogP contribution in [0.4, 0.5) is 5.13 Å². The molecule has 0 bridgehead atoms. The number of hydrogen-bond acceptors (Lipinski definition) is 5. The van der Waals surface area contributed by atoms with Gasteiger partial charge in [-0.1, -0.05) is 0 Å². The number of aromatic nitrogens is 1. The van der Waals surface area contributed by atoms with Crippen LogP contribution in [0.5, 0.6) is 5.75 Å². The van der Waals surface area contributed by atoms with Crippen LogP contribution >= 0.6 is 27.3 Å². The SMILES string of the molecule is COc1ccc(S(=O)(=O)Nc2nc3c(s2)CCC3)cc1Br. The fourth-order valence-electron chi connectivity index (χ4n) is 2.22. The van der Waals surface area contributed by atoms with Gasteiger partial charge in [0.15, 0.2) is 5.13 Å². The quantitative estimate of drug-likeness (QED) is 0.872. The Balaban J connectivity index is 1.87. The van der Waals surface area contributed by atoms with Crippen LogP contribution in [0.15, 0.2) is 27.6 Å². The van der Waals surface area contributed by atoms with Crippen LogP contribution in [0.1, 0.15) is 17.0 Å². The van der Waals surface area contributed by atoms with Crippen molar-refractivity contribution >= 4 is 42.4 Å². The molecule has 0 saturated heterocycles. The first-order valence-electron chi connectivity index (χ1n) is 6.34. The van der Waals surface area contributed by atoms with Gasteiger partial charge in [0.1, 0.15) is 5.75 Å². The first-order chi connectivity index (χ1) is 9.99. The summed E-state index contributed by atoms with van der Waals surface area (Å²) in [5.74, 6) is 0.585. The second-order valence-electron chi connectivity index (χ2n) is 4.64. The van der Waals surface area contributed by atoms with Crippen LogP contribution in [-0.2, 0) is 22.9 Å². The van der Waals surface area contributed by atoms with Crippen molar-refractivity contribution in [1.82, 2.24) is 4.98 Å². The summed E-state index contributed by atoms with van der Waals surface area (Å²) >= 11 is 4.71. The third kappa shape index (κ3) is 2.93. The highest BCUT2D eigenvalue weighted by Crippen LogP contribution is 2.32. The maximum atomic E-state index is 12.4. The van der Waals surface area contributed by atoms with E-state index in [0.717, 1.165) is 25.0 Å². The lowest BCUT2D eigenvalue weighted by Gasteiger charge is -2.08. The summed E-state index contributed by atoms with van der Waals surface area (Å²) in [5.41, 5.74) is 1.02. The van der Waals surface area contributed by atoms with Gasteiger partial charge in [0, 0.05) is 4.88 Å². The number of hydrogen-bond donors (Lipinski definition) is 1. The number of methoxy groups -OCH3 is 1. The van der Waals surface area contributed by atoms with Gasteiger partial charge in [-0.15, -0.1) is 11.3 Å². The largest absolute Gasteiger partial charge is 0.496 e. The molecule has 8 heteroatoms. The average Bonchev–Trinajstić information content (AvgIpc) is 2.99. The van der Waals surface area contributed by atoms with Gasteiger partial charge in [-0.25, -0.2) is 13.4 Å². The zero-order valence-corrected chi connectivity index (χ0v) is 14.4. The Kier molecular flexibility index (Phi) is 3.94. The lowest BCUT2D eigenvalue weighted by atomic mass is 10.3. The van der Waals surface area contributed by atoms with Crippen molar-refractivity contribution in [2.24, 2.45) is 0 Å². The van der Waals surface area contributed by atoms with Crippen molar-refractivity contribution in [2.75, 3.05) is 11.8 Å². The molecule has 112 valence electrons. The Morgan fingerprint density at radius 3 is 2.86 bits per heavy atom. The second kappa shape index (κ2) is 5.58. The molecule has 0 aliphatic heterocycles. The van der Waals surface area contributed by atoms with Crippen LogP contribution in [0.3, 0.4) is 0 Å². The Morgan fingerprint density at radius 1 is 1.38 bits per heavy atom. The van der Waals surface area contributed by atoms with Gasteiger partial charge < -0.3 is 4.74 Å². The van der Waals surface area contributed by atoms with Gasteiger partial charge in [0.2, 0.25) is 0 Å². The molecule has 1 heterocycles. The van der Waals surface area contributed by atoms with Crippen molar-refractivity contribution in [1.29, 1.82) is 0 Å². The molecule has 1 aromatic heterocycles. The zero-order chi connectivity index (χ0) is 15.0. The third-order valence-electron chi connectivity index (χ3n) is 3.25. The van der Waals surface area contributed by atoms with E-state index >= 15 is 0 Å². The molecule has 0 atom stereocenters. The summed E-state index contributed by atoms with van der Waals surface area (Å²) in [6.07, 6.45) is 3.02. The van der Waals surface area contributed by atoms with E-state index in [1.807, 2.05) is 0 Å². The minimum atomic E-state index is -3.64. The molecule has 0 spiro atoms. The van der Waals surface area contributed by atoms with E-state index in [4.69, 9.17) is 4.74 Å². The Morgan fingerprint density at radius 2 is 2.19 bits per heavy atom. The van der Waals surface area contributed by atoms with Crippen molar-refractivity contribution in [3.05, 3.63) is 33.2 Å². The number of thiazole rings is 1. The minimum absolute atomic E-state index is 0.172. The topological polar surface area (TPSA) is 68.3 Å². The van der Waals surface area contributed by atoms with Crippen LogP contribution in [0.25, 0.3) is 0 Å². The van der Waals surface area contributed by atoms with Crippen LogP contribution < -0.4 is 9.46 Å². The monoisotopic (exact) mass is 388 g/mol. The van der Waals surface area contributed by atoms with E-state index in [0.29, 0.717) is 15.4 Å². The molecule has 0 fully saturated rings. The van der Waals surface area contributed by atoms with Crippen molar-refractivity contribution in [3.8, 4) is 5.75 Å². The molecule has 0 unspecified atom stereocenters. The van der Waals surface area contributed by atoms with Crippen molar-refractivity contribution in [2.45, 2.75) is 24.2 Å². The van der Waals surface area contributed by atoms with Crippen LogP contribution in [0.2, 0.25) is 0 Å². The number of aryl methyl sites for hydroxylation is 2. The molecule has 21 heavy (non-hydrogen) atoms. The summed E-state index contributed by atoms with van der Waals surface area (Å²) < 4.78 is 33.0. The van der Waals surface area contributed by atoms with Gasteiger partial charge in [0.25, 0.3) is 10.0 Å². The number of ether oxygens (including phenoxy) is 1. The highest BCUT2D eigenvalue weighted by Gasteiger charge is 2.21. The maximum absolute atomic E-state index is 12.4. The molecule has 1 aliphatic rings. The van der Waals surface area contributed by atoms with Gasteiger partial charge in [-0.2, -0.15) is 0 Å². The summed E-state index contributed by atoms with van der Waals surface area (Å²) in [6.45, 7) is 0. The molecule has 1 N–H and O–H groups in total. The molecule has 0 radical (unpaired) electrons. The average molecular weight is 389 g/mol. The van der Waals surface area contributed by atoms with E-state index < -0.39 is 10.0 Å². The standard InChI is InChI=1S/C13H13BrN2O3S2/c1-19-11-6-5-8(7-9(11)14)21(17,18)16-13-15-10-3-2-4-12(10)20-13/h5-7H,2-4H2,1H3,(H,15,16). The zero-order valence-electron chi connectivity index (χ0n) is 11.2. The van der Waals surface area contributed by atoms with Gasteiger partial charge in [0.05, 0.1) is 22.2 Å². The second-order valence-corrected chi connectivity index (χ2v) is 8.26. The molecule has 1 aromatic carbocycles. The van der Waals surface area contributed by atoms with E-state index in [-0.39, 0.29) is 4.90 Å². The predicted molar refractivity (Wildman–Crippen MR) is 85.6 cm³/mol. The minimum Gasteiger partial charge on any atom is -0.496 e. The number of fused-ring (bicyclic) bond motifs is 1. The third-order valence-corrected chi connectivity index (χ3v) is 6.41. The highest BCUT2D eigenvalue weighted by atomic mass is 79.9. The number of nitrogens with zero attached hydrogens (tertiary/aromatic N) is 1. The smallest absolute Gasteiger partial charge is 0.263 e. The van der Waals surface area contributed by atoms with E-state index in [9.17, 15) is 8.42 Å². The summed E-state index contributed by atoms with van der Waals surface area (Å²) in [5, 5.41) is 0.437. The number of halogens is 1. The molecule has 3 rings (SSSR count). The maximum Gasteiger partial charge on any atom is 0.263 e. The van der Waals surface area contributed by atoms with Crippen LogP contribution in [-0.4, -0.2) is 20.5 Å². The molecule has 0 amide bonds. The van der Waals surface area contributed by atoms with Crippen molar-refractivity contribution < 1.29 is 13.2 Å². The first-order valence-corrected chi connectivity index (χ1v) is 9.44. The van der Waals surface area contributed by atoms with E-state index in [2.05, 4.69) is 25.6 Å². The molecule has 5 nitrogen and oxygen atoms in total. The lowest BCUT2D eigenvalue weighted by molar-refractivity contribution is 0.411. The highest BCUT2D eigenvalue weighted by molar-refractivity contribution is 9.10. The number of nitrogens with one attached hydrogen (secondary N) is 1. The van der Waals surface area contributed by atoms with Gasteiger partial charge in [-0.3, -0.25) is 4.72 Å². The molecule has 1 aliphatic carbocycles. The Hall–Kier alpha value is -1.12. The number of benzene rings is 1. The summed E-state index contributed by atoms with van der Waals surface area (Å²) in [7, 11) is -2.10. The predicted octanol–water partition coefficient (Wildman–Crippen LogP) is 3.20. The Labute approximate surface area is 135 Å². The molecule has 0 saturated carbocycles.